The van der Waals surface area contributed by atoms with Gasteiger partial charge in [-0.25, -0.2) is 5.01 Å². The Balaban J connectivity index is 1.99. The summed E-state index contributed by atoms with van der Waals surface area (Å²) < 4.78 is 5.41. The van der Waals surface area contributed by atoms with Crippen LogP contribution in [-0.4, -0.2) is 30.8 Å². The minimum Gasteiger partial charge on any atom is -0.381 e. The van der Waals surface area contributed by atoms with Gasteiger partial charge in [-0.15, -0.1) is 0 Å². The molecule has 2 atom stereocenters. The smallest absolute Gasteiger partial charge is 0.0509 e. The van der Waals surface area contributed by atoms with Gasteiger partial charge in [-0.2, -0.15) is 0 Å². The Morgan fingerprint density at radius 2 is 2.27 bits per heavy atom. The SMILES string of the molecule is NN1CCCC2COCCC21. The minimum atomic E-state index is 0.609. The molecule has 2 fully saturated rings. The number of ether oxygens (including phenoxy) is 1. The van der Waals surface area contributed by atoms with Crippen LogP contribution >= 0.6 is 0 Å². The lowest BCUT2D eigenvalue weighted by Gasteiger charge is -2.41. The predicted octanol–water partition coefficient (Wildman–Crippen LogP) is 0.361. The molecule has 0 saturated carbocycles. The fourth-order valence-electron chi connectivity index (χ4n) is 2.20. The molecule has 2 saturated heterocycles. The van der Waals surface area contributed by atoms with Crippen LogP contribution in [0.5, 0.6) is 0 Å². The maximum atomic E-state index is 5.87. The number of piperidine rings is 1. The molecule has 2 aliphatic rings. The van der Waals surface area contributed by atoms with Gasteiger partial charge in [-0.1, -0.05) is 0 Å². The van der Waals surface area contributed by atoms with E-state index in [0.717, 1.165) is 26.2 Å². The van der Waals surface area contributed by atoms with Crippen LogP contribution in [0.2, 0.25) is 0 Å². The predicted molar refractivity (Wildman–Crippen MR) is 42.8 cm³/mol. The van der Waals surface area contributed by atoms with Crippen molar-refractivity contribution in [2.24, 2.45) is 11.8 Å². The Morgan fingerprint density at radius 3 is 3.09 bits per heavy atom. The van der Waals surface area contributed by atoms with Crippen LogP contribution in [0.15, 0.2) is 0 Å². The van der Waals surface area contributed by atoms with Gasteiger partial charge in [0, 0.05) is 19.2 Å². The number of hydrogen-bond acceptors (Lipinski definition) is 3. The molecule has 0 spiro atoms. The molecule has 64 valence electrons. The highest BCUT2D eigenvalue weighted by Crippen LogP contribution is 2.26. The highest BCUT2D eigenvalue weighted by molar-refractivity contribution is 4.83. The number of nitrogens with zero attached hydrogens (tertiary/aromatic N) is 1. The fraction of sp³-hybridized carbons (Fsp3) is 1.00. The molecular formula is C8H16N2O. The lowest BCUT2D eigenvalue weighted by molar-refractivity contribution is -0.0358. The summed E-state index contributed by atoms with van der Waals surface area (Å²) in [6.45, 7) is 2.90. The van der Waals surface area contributed by atoms with Gasteiger partial charge < -0.3 is 4.74 Å². The molecule has 2 rings (SSSR count). The van der Waals surface area contributed by atoms with Gasteiger partial charge in [0.2, 0.25) is 0 Å². The van der Waals surface area contributed by atoms with Crippen molar-refractivity contribution in [3.63, 3.8) is 0 Å². The molecule has 0 aliphatic carbocycles. The van der Waals surface area contributed by atoms with E-state index in [0.29, 0.717) is 12.0 Å². The molecule has 2 aliphatic heterocycles. The molecule has 0 bridgehead atoms. The van der Waals surface area contributed by atoms with E-state index in [1.807, 2.05) is 5.01 Å². The maximum Gasteiger partial charge on any atom is 0.0509 e. The second kappa shape index (κ2) is 3.09. The molecule has 3 heteroatoms. The summed E-state index contributed by atoms with van der Waals surface area (Å²) in [7, 11) is 0. The first-order chi connectivity index (χ1) is 5.38. The molecule has 0 radical (unpaired) electrons. The van der Waals surface area contributed by atoms with Crippen LogP contribution in [0.25, 0.3) is 0 Å². The topological polar surface area (TPSA) is 38.5 Å². The second-order valence-electron chi connectivity index (χ2n) is 3.57. The van der Waals surface area contributed by atoms with Gasteiger partial charge in [0.15, 0.2) is 0 Å². The lowest BCUT2D eigenvalue weighted by Crippen LogP contribution is -2.52. The largest absolute Gasteiger partial charge is 0.381 e. The van der Waals surface area contributed by atoms with Crippen molar-refractivity contribution in [3.8, 4) is 0 Å². The van der Waals surface area contributed by atoms with Crippen molar-refractivity contribution in [1.29, 1.82) is 0 Å². The molecule has 2 unspecified atom stereocenters. The van der Waals surface area contributed by atoms with Gasteiger partial charge in [-0.3, -0.25) is 5.84 Å². The van der Waals surface area contributed by atoms with Crippen LogP contribution in [0.1, 0.15) is 19.3 Å². The van der Waals surface area contributed by atoms with E-state index in [2.05, 4.69) is 0 Å². The quantitative estimate of drug-likeness (QED) is 0.515. The van der Waals surface area contributed by atoms with E-state index in [4.69, 9.17) is 10.6 Å². The number of hydrogen-bond donors (Lipinski definition) is 1. The Morgan fingerprint density at radius 1 is 1.36 bits per heavy atom. The Hall–Kier alpha value is -0.120. The van der Waals surface area contributed by atoms with E-state index >= 15 is 0 Å². The van der Waals surface area contributed by atoms with Crippen molar-refractivity contribution in [1.82, 2.24) is 5.01 Å². The molecule has 0 amide bonds. The number of hydrazine groups is 1. The van der Waals surface area contributed by atoms with E-state index in [1.165, 1.54) is 12.8 Å². The summed E-state index contributed by atoms with van der Waals surface area (Å²) in [6, 6.07) is 0.609. The van der Waals surface area contributed by atoms with Crippen LogP contribution < -0.4 is 5.84 Å². The zero-order valence-electron chi connectivity index (χ0n) is 6.83. The van der Waals surface area contributed by atoms with Crippen molar-refractivity contribution in [3.05, 3.63) is 0 Å². The highest BCUT2D eigenvalue weighted by Gasteiger charge is 2.31. The standard InChI is InChI=1S/C8H16N2O/c9-10-4-1-2-7-6-11-5-3-8(7)10/h7-8H,1-6,9H2. The number of rotatable bonds is 0. The minimum absolute atomic E-state index is 0.609. The van der Waals surface area contributed by atoms with Crippen molar-refractivity contribution in [2.75, 3.05) is 19.8 Å². The van der Waals surface area contributed by atoms with Crippen molar-refractivity contribution >= 4 is 0 Å². The third kappa shape index (κ3) is 1.41. The van der Waals surface area contributed by atoms with Crippen LogP contribution in [-0.2, 0) is 4.74 Å². The third-order valence-corrected chi connectivity index (χ3v) is 2.85. The van der Waals surface area contributed by atoms with Crippen molar-refractivity contribution < 1.29 is 4.74 Å². The van der Waals surface area contributed by atoms with E-state index in [-0.39, 0.29) is 0 Å². The van der Waals surface area contributed by atoms with Gasteiger partial charge in [0.25, 0.3) is 0 Å². The monoisotopic (exact) mass is 156 g/mol. The van der Waals surface area contributed by atoms with Crippen molar-refractivity contribution in [2.45, 2.75) is 25.3 Å². The van der Waals surface area contributed by atoms with Gasteiger partial charge in [0.05, 0.1) is 6.61 Å². The van der Waals surface area contributed by atoms with Crippen LogP contribution in [0.4, 0.5) is 0 Å². The molecule has 0 aromatic carbocycles. The molecule has 2 N–H and O–H groups in total. The Labute approximate surface area is 67.5 Å². The zero-order chi connectivity index (χ0) is 7.68. The molecule has 0 aromatic heterocycles. The molecule has 2 heterocycles. The highest BCUT2D eigenvalue weighted by atomic mass is 16.5. The van der Waals surface area contributed by atoms with E-state index in [1.54, 1.807) is 0 Å². The Kier molecular flexibility index (Phi) is 2.11. The summed E-state index contributed by atoms with van der Waals surface area (Å²) in [5.74, 6) is 6.58. The molecule has 3 nitrogen and oxygen atoms in total. The first-order valence-corrected chi connectivity index (χ1v) is 4.47. The average Bonchev–Trinajstić information content (AvgIpc) is 2.06. The van der Waals surface area contributed by atoms with Gasteiger partial charge >= 0.3 is 0 Å². The van der Waals surface area contributed by atoms with Gasteiger partial charge in [0.1, 0.15) is 0 Å². The van der Waals surface area contributed by atoms with Crippen LogP contribution in [0.3, 0.4) is 0 Å². The molecule has 0 aromatic rings. The van der Waals surface area contributed by atoms with E-state index < -0.39 is 0 Å². The zero-order valence-corrected chi connectivity index (χ0v) is 6.83. The second-order valence-corrected chi connectivity index (χ2v) is 3.57. The maximum absolute atomic E-state index is 5.87. The first-order valence-electron chi connectivity index (χ1n) is 4.47. The summed E-state index contributed by atoms with van der Waals surface area (Å²) in [5.41, 5.74) is 0. The normalized spacial score (nSPS) is 40.1. The van der Waals surface area contributed by atoms with Gasteiger partial charge in [-0.05, 0) is 25.2 Å². The Bertz CT molecular complexity index is 138. The number of nitrogens with two attached hydrogens (primary N) is 1. The summed E-state index contributed by atoms with van der Waals surface area (Å²) in [6.07, 6.45) is 3.67. The number of fused-ring (bicyclic) bond motifs is 1. The fourth-order valence-corrected chi connectivity index (χ4v) is 2.20. The van der Waals surface area contributed by atoms with E-state index in [9.17, 15) is 0 Å². The third-order valence-electron chi connectivity index (χ3n) is 2.85. The average molecular weight is 156 g/mol. The lowest BCUT2D eigenvalue weighted by atomic mass is 9.88. The summed E-state index contributed by atoms with van der Waals surface area (Å²) >= 11 is 0. The molecular weight excluding hydrogens is 140 g/mol. The van der Waals surface area contributed by atoms with Crippen LogP contribution in [0, 0.1) is 5.92 Å². The summed E-state index contributed by atoms with van der Waals surface area (Å²) in [4.78, 5) is 0. The summed E-state index contributed by atoms with van der Waals surface area (Å²) in [5, 5.41) is 2.01. The first kappa shape index (κ1) is 7.53. The molecule has 11 heavy (non-hydrogen) atoms.